The lowest BCUT2D eigenvalue weighted by Crippen LogP contribution is -2.43. The number of hydrogen-bond acceptors (Lipinski definition) is 4. The van der Waals surface area contributed by atoms with Gasteiger partial charge in [-0.05, 0) is 50.3 Å². The first-order valence-electron chi connectivity index (χ1n) is 7.56. The molecule has 0 atom stereocenters. The van der Waals surface area contributed by atoms with Gasteiger partial charge in [-0.15, -0.1) is 0 Å². The summed E-state index contributed by atoms with van der Waals surface area (Å²) < 4.78 is 13.2. The van der Waals surface area contributed by atoms with Crippen molar-refractivity contribution in [2.75, 3.05) is 24.5 Å². The van der Waals surface area contributed by atoms with Crippen LogP contribution >= 0.6 is 0 Å². The summed E-state index contributed by atoms with van der Waals surface area (Å²) in [5.74, 6) is 0.299. The lowest BCUT2D eigenvalue weighted by Gasteiger charge is -2.33. The van der Waals surface area contributed by atoms with Crippen LogP contribution in [-0.4, -0.2) is 30.6 Å². The standard InChI is InChI=1S/C15H20FN3O2/c16-12-3-4-14(15(9-12)19(20)21)18-7-5-13(6-8-18)17-10-11-1-2-11/h3-4,9,11,13,17H,1-2,5-8,10H2. The number of halogens is 1. The molecule has 1 heterocycles. The molecule has 1 aliphatic heterocycles. The molecule has 1 aromatic rings. The van der Waals surface area contributed by atoms with E-state index in [1.807, 2.05) is 4.90 Å². The van der Waals surface area contributed by atoms with E-state index in [1.54, 1.807) is 0 Å². The van der Waals surface area contributed by atoms with Crippen molar-refractivity contribution >= 4 is 11.4 Å². The van der Waals surface area contributed by atoms with Gasteiger partial charge in [0.2, 0.25) is 0 Å². The molecule has 0 aromatic heterocycles. The Morgan fingerprint density at radius 2 is 2.00 bits per heavy atom. The van der Waals surface area contributed by atoms with E-state index in [4.69, 9.17) is 0 Å². The minimum atomic E-state index is -0.563. The highest BCUT2D eigenvalue weighted by atomic mass is 19.1. The molecule has 114 valence electrons. The number of hydrogen-bond donors (Lipinski definition) is 1. The van der Waals surface area contributed by atoms with Gasteiger partial charge in [0.1, 0.15) is 11.5 Å². The number of nitro benzene ring substituents is 1. The molecule has 6 heteroatoms. The number of anilines is 1. The van der Waals surface area contributed by atoms with Gasteiger partial charge in [-0.3, -0.25) is 10.1 Å². The van der Waals surface area contributed by atoms with Gasteiger partial charge in [-0.1, -0.05) is 0 Å². The van der Waals surface area contributed by atoms with Gasteiger partial charge in [-0.25, -0.2) is 4.39 Å². The van der Waals surface area contributed by atoms with Crippen LogP contribution in [0.3, 0.4) is 0 Å². The van der Waals surface area contributed by atoms with Crippen molar-refractivity contribution in [2.45, 2.75) is 31.7 Å². The number of nitrogens with one attached hydrogen (secondary N) is 1. The maximum absolute atomic E-state index is 13.2. The van der Waals surface area contributed by atoms with Crippen LogP contribution in [0.1, 0.15) is 25.7 Å². The summed E-state index contributed by atoms with van der Waals surface area (Å²) in [6, 6.07) is 4.32. The van der Waals surface area contributed by atoms with Crippen molar-refractivity contribution in [1.29, 1.82) is 0 Å². The molecule has 1 N–H and O–H groups in total. The van der Waals surface area contributed by atoms with E-state index in [2.05, 4.69) is 5.32 Å². The lowest BCUT2D eigenvalue weighted by atomic mass is 10.0. The molecule has 1 saturated heterocycles. The van der Waals surface area contributed by atoms with E-state index in [1.165, 1.54) is 25.0 Å². The summed E-state index contributed by atoms with van der Waals surface area (Å²) in [4.78, 5) is 12.6. The Bertz CT molecular complexity index is 526. The fourth-order valence-electron chi connectivity index (χ4n) is 2.89. The first-order valence-corrected chi connectivity index (χ1v) is 7.56. The van der Waals surface area contributed by atoms with Crippen LogP contribution in [0.5, 0.6) is 0 Å². The summed E-state index contributed by atoms with van der Waals surface area (Å²) in [5, 5.41) is 14.6. The summed E-state index contributed by atoms with van der Waals surface area (Å²) in [6.45, 7) is 2.64. The molecule has 3 rings (SSSR count). The normalized spacial score (nSPS) is 19.8. The smallest absolute Gasteiger partial charge is 0.295 e. The van der Waals surface area contributed by atoms with Gasteiger partial charge >= 0.3 is 0 Å². The lowest BCUT2D eigenvalue weighted by molar-refractivity contribution is -0.384. The van der Waals surface area contributed by atoms with E-state index in [-0.39, 0.29) is 5.69 Å². The number of rotatable bonds is 5. The fraction of sp³-hybridized carbons (Fsp3) is 0.600. The van der Waals surface area contributed by atoms with Crippen LogP contribution in [0.4, 0.5) is 15.8 Å². The largest absolute Gasteiger partial charge is 0.366 e. The third-order valence-corrected chi connectivity index (χ3v) is 4.36. The predicted molar refractivity (Wildman–Crippen MR) is 79.0 cm³/mol. The first kappa shape index (κ1) is 14.3. The molecule has 5 nitrogen and oxygen atoms in total. The Balaban J connectivity index is 1.62. The monoisotopic (exact) mass is 293 g/mol. The zero-order chi connectivity index (χ0) is 14.8. The Morgan fingerprint density at radius 1 is 1.29 bits per heavy atom. The zero-order valence-electron chi connectivity index (χ0n) is 11.9. The summed E-state index contributed by atoms with van der Waals surface area (Å²) in [7, 11) is 0. The van der Waals surface area contributed by atoms with Gasteiger partial charge in [0, 0.05) is 19.1 Å². The maximum Gasteiger partial charge on any atom is 0.295 e. The maximum atomic E-state index is 13.2. The van der Waals surface area contributed by atoms with Crippen molar-refractivity contribution < 1.29 is 9.31 Å². The molecule has 2 aliphatic rings. The van der Waals surface area contributed by atoms with Crippen LogP contribution in [0, 0.1) is 21.8 Å². The zero-order valence-corrected chi connectivity index (χ0v) is 11.9. The molecule has 1 aliphatic carbocycles. The van der Waals surface area contributed by atoms with Crippen LogP contribution in [-0.2, 0) is 0 Å². The fourth-order valence-corrected chi connectivity index (χ4v) is 2.89. The quantitative estimate of drug-likeness (QED) is 0.670. The highest BCUT2D eigenvalue weighted by Crippen LogP contribution is 2.31. The molecule has 0 unspecified atom stereocenters. The van der Waals surface area contributed by atoms with Gasteiger partial charge in [0.15, 0.2) is 0 Å². The number of nitro groups is 1. The second kappa shape index (κ2) is 5.97. The van der Waals surface area contributed by atoms with Gasteiger partial charge in [0.05, 0.1) is 11.0 Å². The van der Waals surface area contributed by atoms with Gasteiger partial charge < -0.3 is 10.2 Å². The van der Waals surface area contributed by atoms with E-state index in [9.17, 15) is 14.5 Å². The molecule has 0 amide bonds. The Kier molecular flexibility index (Phi) is 4.05. The van der Waals surface area contributed by atoms with Gasteiger partial charge in [0.25, 0.3) is 5.69 Å². The van der Waals surface area contributed by atoms with E-state index in [0.717, 1.165) is 44.5 Å². The highest BCUT2D eigenvalue weighted by Gasteiger charge is 2.27. The third kappa shape index (κ3) is 3.50. The van der Waals surface area contributed by atoms with Crippen LogP contribution in [0.15, 0.2) is 18.2 Å². The summed E-state index contributed by atoms with van der Waals surface area (Å²) in [6.07, 6.45) is 4.63. The number of piperidine rings is 1. The molecule has 2 fully saturated rings. The molecule has 1 aromatic carbocycles. The Morgan fingerprint density at radius 3 is 2.62 bits per heavy atom. The van der Waals surface area contributed by atoms with Crippen molar-refractivity contribution in [1.82, 2.24) is 5.32 Å². The average Bonchev–Trinajstić information content (AvgIpc) is 3.30. The summed E-state index contributed by atoms with van der Waals surface area (Å²) >= 11 is 0. The molecule has 1 saturated carbocycles. The molecule has 0 bridgehead atoms. The van der Waals surface area contributed by atoms with E-state index < -0.39 is 10.7 Å². The predicted octanol–water partition coefficient (Wildman–Crippen LogP) is 2.70. The van der Waals surface area contributed by atoms with Crippen molar-refractivity contribution in [3.63, 3.8) is 0 Å². The average molecular weight is 293 g/mol. The Labute approximate surface area is 123 Å². The number of benzene rings is 1. The number of nitrogens with zero attached hydrogens (tertiary/aromatic N) is 2. The minimum Gasteiger partial charge on any atom is -0.366 e. The second-order valence-corrected chi connectivity index (χ2v) is 6.00. The topological polar surface area (TPSA) is 58.4 Å². The van der Waals surface area contributed by atoms with Crippen molar-refractivity contribution in [2.24, 2.45) is 5.92 Å². The molecule has 0 radical (unpaired) electrons. The molecule has 0 spiro atoms. The highest BCUT2D eigenvalue weighted by molar-refractivity contribution is 5.63. The van der Waals surface area contributed by atoms with E-state index in [0.29, 0.717) is 11.7 Å². The second-order valence-electron chi connectivity index (χ2n) is 6.00. The van der Waals surface area contributed by atoms with Crippen molar-refractivity contribution in [3.05, 3.63) is 34.1 Å². The minimum absolute atomic E-state index is 0.139. The van der Waals surface area contributed by atoms with Crippen LogP contribution in [0.2, 0.25) is 0 Å². The molecular weight excluding hydrogens is 273 g/mol. The third-order valence-electron chi connectivity index (χ3n) is 4.36. The van der Waals surface area contributed by atoms with Crippen molar-refractivity contribution in [3.8, 4) is 0 Å². The SMILES string of the molecule is O=[N+]([O-])c1cc(F)ccc1N1CCC(NCC2CC2)CC1. The van der Waals surface area contributed by atoms with Crippen LogP contribution in [0.25, 0.3) is 0 Å². The molecular formula is C15H20FN3O2. The van der Waals surface area contributed by atoms with Crippen LogP contribution < -0.4 is 10.2 Å². The Hall–Kier alpha value is -1.69. The van der Waals surface area contributed by atoms with E-state index >= 15 is 0 Å². The van der Waals surface area contributed by atoms with Gasteiger partial charge in [-0.2, -0.15) is 0 Å². The molecule has 21 heavy (non-hydrogen) atoms. The summed E-state index contributed by atoms with van der Waals surface area (Å²) in [5.41, 5.74) is 0.390. The first-order chi connectivity index (χ1) is 10.1.